The van der Waals surface area contributed by atoms with Crippen molar-refractivity contribution in [2.45, 2.75) is 7.43 Å². The Labute approximate surface area is 162 Å². The first-order chi connectivity index (χ1) is 11.1. The number of rotatable bonds is 2. The molecule has 0 unspecified atom stereocenters. The molecule has 2 aromatic rings. The fourth-order valence-electron chi connectivity index (χ4n) is 1.26. The van der Waals surface area contributed by atoms with Gasteiger partial charge in [-0.1, -0.05) is 56.0 Å². The lowest BCUT2D eigenvalue weighted by Gasteiger charge is -1.89. The minimum atomic E-state index is -0.407. The molecule has 2 rings (SSSR count). The van der Waals surface area contributed by atoms with E-state index in [9.17, 15) is 9.59 Å². The zero-order valence-corrected chi connectivity index (χ0v) is 14.9. The van der Waals surface area contributed by atoms with Crippen molar-refractivity contribution in [1.82, 2.24) is 0 Å². The maximum atomic E-state index is 10.9. The molecule has 0 saturated heterocycles. The summed E-state index contributed by atoms with van der Waals surface area (Å²) >= 11 is 19.0. The number of hydrogen-bond donors (Lipinski definition) is 0. The highest BCUT2D eigenvalue weighted by Gasteiger charge is 1.99. The van der Waals surface area contributed by atoms with Crippen LogP contribution in [0.2, 0.25) is 0 Å². The third-order valence-corrected chi connectivity index (χ3v) is 2.48. The van der Waals surface area contributed by atoms with E-state index in [0.29, 0.717) is 11.1 Å². The van der Waals surface area contributed by atoms with Crippen LogP contribution < -0.4 is 0 Å². The second-order valence-electron chi connectivity index (χ2n) is 3.62. The summed E-state index contributed by atoms with van der Waals surface area (Å²) in [7, 11) is 0. The number of amides is 1. The average molecular weight is 405 g/mol. The average Bonchev–Trinajstić information content (AvgIpc) is 2.58. The zero-order chi connectivity index (χ0) is 17.5. The van der Waals surface area contributed by atoms with Gasteiger partial charge in [-0.15, -0.1) is 23.2 Å². The van der Waals surface area contributed by atoms with E-state index >= 15 is 0 Å². The van der Waals surface area contributed by atoms with Crippen molar-refractivity contribution in [3.8, 4) is 0 Å². The Kier molecular flexibility index (Phi) is 16.8. The first-order valence-corrected chi connectivity index (χ1v) is 7.96. The third kappa shape index (κ3) is 11.9. The number of thiocarbonyl (C=S) groups is 1. The zero-order valence-electron chi connectivity index (χ0n) is 11.8. The Morgan fingerprint density at radius 3 is 1.58 bits per heavy atom. The smallest absolute Gasteiger partial charge is 0.276 e. The summed E-state index contributed by atoms with van der Waals surface area (Å²) in [6.45, 7) is 0. The van der Waals surface area contributed by atoms with Crippen molar-refractivity contribution in [2.75, 3.05) is 5.34 Å². The molecule has 0 heterocycles. The lowest BCUT2D eigenvalue weighted by Crippen LogP contribution is -1.91. The normalized spacial score (nSPS) is 7.96. The van der Waals surface area contributed by atoms with Crippen LogP contribution in [-0.2, 0) is 0 Å². The second-order valence-corrected chi connectivity index (χ2v) is 4.95. The molecule has 1 amide bonds. The minimum Gasteiger partial charge on any atom is -0.276 e. The molecule has 0 radical (unpaired) electrons. The number of aliphatic imine (C=N–C) groups is 1. The summed E-state index contributed by atoms with van der Waals surface area (Å²) in [6, 6.07) is 17.5. The monoisotopic (exact) mass is 403 g/mol. The summed E-state index contributed by atoms with van der Waals surface area (Å²) in [6.07, 6.45) is 0. The van der Waals surface area contributed by atoms with Gasteiger partial charge in [-0.05, 0) is 36.0 Å². The minimum absolute atomic E-state index is 0. The molecule has 0 atom stereocenters. The number of carbonyl (C=O) groups is 2. The Bertz CT molecular complexity index is 645. The fourth-order valence-corrected chi connectivity index (χ4v) is 1.46. The molecular formula is C17H16Cl3NO2S. The molecule has 0 saturated carbocycles. The number of carbonyl (C=O) groups excluding carboxylic acids is 2. The summed E-state index contributed by atoms with van der Waals surface area (Å²) < 4.78 is 0. The summed E-state index contributed by atoms with van der Waals surface area (Å²) in [5.74, 6) is -0.347. The Morgan fingerprint density at radius 1 is 0.917 bits per heavy atom. The molecule has 128 valence electrons. The lowest BCUT2D eigenvalue weighted by molar-refractivity contribution is 0.100. The molecular weight excluding hydrogens is 389 g/mol. The van der Waals surface area contributed by atoms with E-state index < -0.39 is 5.24 Å². The standard InChI is InChI=1S/C8H5NOS.C7H5ClO.CH2Cl2.CH4/c10-8(9-6-11)7-4-2-1-3-5-7;8-7(9)6-4-2-1-3-5-6;2-1-3;/h1-5H;1-5H;1H2;1H4. The predicted molar refractivity (Wildman–Crippen MR) is 106 cm³/mol. The van der Waals surface area contributed by atoms with E-state index in [0.717, 1.165) is 0 Å². The molecule has 7 heteroatoms. The Hall–Kier alpha value is -1.55. The van der Waals surface area contributed by atoms with Crippen LogP contribution in [0.4, 0.5) is 0 Å². The van der Waals surface area contributed by atoms with Crippen LogP contribution in [0, 0.1) is 0 Å². The van der Waals surface area contributed by atoms with E-state index in [4.69, 9.17) is 34.8 Å². The highest BCUT2D eigenvalue weighted by atomic mass is 35.5. The van der Waals surface area contributed by atoms with Gasteiger partial charge in [0.2, 0.25) is 0 Å². The number of alkyl halides is 2. The number of nitrogens with zero attached hydrogens (tertiary/aromatic N) is 1. The topological polar surface area (TPSA) is 46.5 Å². The number of isothiocyanates is 1. The van der Waals surface area contributed by atoms with Crippen molar-refractivity contribution in [2.24, 2.45) is 4.99 Å². The molecule has 0 aliphatic heterocycles. The van der Waals surface area contributed by atoms with Crippen molar-refractivity contribution in [1.29, 1.82) is 0 Å². The molecule has 0 N–H and O–H groups in total. The third-order valence-electron chi connectivity index (χ3n) is 2.17. The summed E-state index contributed by atoms with van der Waals surface area (Å²) in [5.41, 5.74) is 1.07. The van der Waals surface area contributed by atoms with Gasteiger partial charge in [0.05, 0.1) is 10.5 Å². The molecule has 24 heavy (non-hydrogen) atoms. The first-order valence-electron chi connectivity index (χ1n) is 6.10. The molecule has 0 fully saturated rings. The number of benzene rings is 2. The van der Waals surface area contributed by atoms with Crippen molar-refractivity contribution < 1.29 is 9.59 Å². The van der Waals surface area contributed by atoms with Crippen LogP contribution in [0.1, 0.15) is 28.1 Å². The maximum absolute atomic E-state index is 10.9. The Morgan fingerprint density at radius 2 is 1.29 bits per heavy atom. The molecule has 0 aliphatic carbocycles. The second kappa shape index (κ2) is 16.3. The molecule has 0 spiro atoms. The van der Waals surface area contributed by atoms with E-state index in [2.05, 4.69) is 17.2 Å². The van der Waals surface area contributed by atoms with Gasteiger partial charge in [0.15, 0.2) is 0 Å². The molecule has 0 bridgehead atoms. The molecule has 0 aromatic heterocycles. The number of hydrogen-bond acceptors (Lipinski definition) is 3. The van der Waals surface area contributed by atoms with Crippen LogP contribution in [0.25, 0.3) is 0 Å². The number of halogens is 3. The lowest BCUT2D eigenvalue weighted by atomic mass is 10.2. The van der Waals surface area contributed by atoms with Gasteiger partial charge < -0.3 is 0 Å². The van der Waals surface area contributed by atoms with E-state index in [1.807, 2.05) is 17.3 Å². The first kappa shape index (κ1) is 24.7. The van der Waals surface area contributed by atoms with Gasteiger partial charge in [0.1, 0.15) is 0 Å². The largest absolute Gasteiger partial charge is 0.285 e. The Balaban J connectivity index is 0. The van der Waals surface area contributed by atoms with Crippen molar-refractivity contribution in [3.05, 3.63) is 71.8 Å². The quantitative estimate of drug-likeness (QED) is 0.265. The van der Waals surface area contributed by atoms with Gasteiger partial charge in [-0.2, -0.15) is 4.99 Å². The van der Waals surface area contributed by atoms with Crippen LogP contribution >= 0.6 is 47.0 Å². The van der Waals surface area contributed by atoms with Gasteiger partial charge >= 0.3 is 0 Å². The van der Waals surface area contributed by atoms with Gasteiger partial charge in [0, 0.05) is 11.1 Å². The summed E-state index contributed by atoms with van der Waals surface area (Å²) in [4.78, 5) is 24.7. The highest BCUT2D eigenvalue weighted by molar-refractivity contribution is 7.78. The predicted octanol–water partition coefficient (Wildman–Crippen LogP) is 6.05. The van der Waals surface area contributed by atoms with Gasteiger partial charge in [-0.25, -0.2) is 0 Å². The molecule has 2 aromatic carbocycles. The van der Waals surface area contributed by atoms with Crippen LogP contribution in [-0.4, -0.2) is 21.7 Å². The van der Waals surface area contributed by atoms with Gasteiger partial charge in [-0.3, -0.25) is 9.59 Å². The highest BCUT2D eigenvalue weighted by Crippen LogP contribution is 2.01. The maximum Gasteiger partial charge on any atom is 0.285 e. The van der Waals surface area contributed by atoms with E-state index in [1.54, 1.807) is 48.5 Å². The molecule has 0 aliphatic rings. The fraction of sp³-hybridized carbons (Fsp3) is 0.118. The van der Waals surface area contributed by atoms with E-state index in [1.165, 1.54) is 0 Å². The van der Waals surface area contributed by atoms with Crippen LogP contribution in [0.5, 0.6) is 0 Å². The van der Waals surface area contributed by atoms with Gasteiger partial charge in [0.25, 0.3) is 11.1 Å². The summed E-state index contributed by atoms with van der Waals surface area (Å²) in [5, 5.41) is 1.81. The van der Waals surface area contributed by atoms with Crippen LogP contribution in [0.15, 0.2) is 65.7 Å². The van der Waals surface area contributed by atoms with E-state index in [-0.39, 0.29) is 18.7 Å². The SMILES string of the molecule is C.ClCCl.O=C(Cl)c1ccccc1.O=C(N=C=S)c1ccccc1. The van der Waals surface area contributed by atoms with Crippen LogP contribution in [0.3, 0.4) is 0 Å². The molecule has 3 nitrogen and oxygen atoms in total. The van der Waals surface area contributed by atoms with Crippen molar-refractivity contribution >= 4 is 63.3 Å². The van der Waals surface area contributed by atoms with Crippen molar-refractivity contribution in [3.63, 3.8) is 0 Å².